The Hall–Kier alpha value is -7.74. The number of hydrogen-bond donors (Lipinski definition) is 0. The number of anilines is 3. The van der Waals surface area contributed by atoms with E-state index in [1.165, 1.54) is 77.5 Å². The van der Waals surface area contributed by atoms with E-state index in [4.69, 9.17) is 0 Å². The smallest absolute Gasteiger partial charge is 0.0546 e. The summed E-state index contributed by atoms with van der Waals surface area (Å²) in [6.45, 7) is 0. The van der Waals surface area contributed by atoms with Gasteiger partial charge in [0.25, 0.3) is 0 Å². The van der Waals surface area contributed by atoms with Crippen molar-refractivity contribution in [3.63, 3.8) is 0 Å². The molecule has 0 bridgehead atoms. The zero-order valence-corrected chi connectivity index (χ0v) is 32.6. The van der Waals surface area contributed by atoms with Crippen LogP contribution in [0.3, 0.4) is 0 Å². The summed E-state index contributed by atoms with van der Waals surface area (Å²) in [5.41, 5.74) is 17.5. The molecule has 0 amide bonds. The van der Waals surface area contributed by atoms with Gasteiger partial charge < -0.3 is 4.90 Å². The quantitative estimate of drug-likeness (QED) is 0.142. The van der Waals surface area contributed by atoms with Crippen molar-refractivity contribution in [2.24, 2.45) is 0 Å². The molecule has 10 aromatic carbocycles. The molecular formula is C58H41N. The van der Waals surface area contributed by atoms with Gasteiger partial charge in [-0.15, -0.1) is 0 Å². The summed E-state index contributed by atoms with van der Waals surface area (Å²) < 4.78 is 0. The maximum Gasteiger partial charge on any atom is 0.0546 e. The molecule has 10 aromatic rings. The summed E-state index contributed by atoms with van der Waals surface area (Å²) in [5, 5.41) is 2.52. The van der Waals surface area contributed by atoms with Gasteiger partial charge in [-0.2, -0.15) is 0 Å². The van der Waals surface area contributed by atoms with E-state index in [0.29, 0.717) is 0 Å². The second-order valence-corrected chi connectivity index (χ2v) is 14.9. The van der Waals surface area contributed by atoms with E-state index in [1.807, 2.05) is 0 Å². The third-order valence-corrected chi connectivity index (χ3v) is 11.3. The van der Waals surface area contributed by atoms with Gasteiger partial charge in [-0.25, -0.2) is 0 Å². The lowest BCUT2D eigenvalue weighted by Crippen LogP contribution is -2.12. The molecule has 59 heavy (non-hydrogen) atoms. The van der Waals surface area contributed by atoms with Crippen molar-refractivity contribution in [1.29, 1.82) is 0 Å². The van der Waals surface area contributed by atoms with Crippen LogP contribution in [0.15, 0.2) is 249 Å². The first kappa shape index (κ1) is 35.7. The predicted octanol–water partition coefficient (Wildman–Crippen LogP) is 16.3. The van der Waals surface area contributed by atoms with Gasteiger partial charge in [-0.3, -0.25) is 0 Å². The van der Waals surface area contributed by atoms with Crippen molar-refractivity contribution in [1.82, 2.24) is 0 Å². The van der Waals surface area contributed by atoms with Crippen molar-refractivity contribution in [3.8, 4) is 66.8 Å². The normalized spacial score (nSPS) is 11.1. The predicted molar refractivity (Wildman–Crippen MR) is 251 cm³/mol. The minimum atomic E-state index is 1.08. The van der Waals surface area contributed by atoms with Gasteiger partial charge in [0.2, 0.25) is 0 Å². The minimum Gasteiger partial charge on any atom is -0.310 e. The fourth-order valence-electron chi connectivity index (χ4n) is 8.44. The number of nitrogens with zero attached hydrogens (tertiary/aromatic N) is 1. The number of benzene rings is 10. The maximum atomic E-state index is 2.43. The lowest BCUT2D eigenvalue weighted by atomic mass is 9.87. The van der Waals surface area contributed by atoms with Crippen molar-refractivity contribution in [2.75, 3.05) is 4.90 Å². The third-order valence-electron chi connectivity index (χ3n) is 11.3. The van der Waals surface area contributed by atoms with Crippen LogP contribution in [0.1, 0.15) is 0 Å². The average Bonchev–Trinajstić information content (AvgIpc) is 3.33. The monoisotopic (exact) mass is 751 g/mol. The molecule has 0 heterocycles. The molecule has 0 radical (unpaired) electrons. The molecule has 0 atom stereocenters. The number of rotatable bonds is 9. The lowest BCUT2D eigenvalue weighted by molar-refractivity contribution is 1.28. The van der Waals surface area contributed by atoms with Crippen LogP contribution >= 0.6 is 0 Å². The molecule has 0 spiro atoms. The molecule has 0 N–H and O–H groups in total. The van der Waals surface area contributed by atoms with E-state index in [1.54, 1.807) is 0 Å². The van der Waals surface area contributed by atoms with Gasteiger partial charge in [-0.05, 0) is 102 Å². The zero-order valence-electron chi connectivity index (χ0n) is 32.6. The first-order valence-electron chi connectivity index (χ1n) is 20.3. The van der Waals surface area contributed by atoms with Crippen LogP contribution in [0.4, 0.5) is 17.1 Å². The summed E-state index contributed by atoms with van der Waals surface area (Å²) in [6.07, 6.45) is 0. The van der Waals surface area contributed by atoms with E-state index in [0.717, 1.165) is 17.1 Å². The summed E-state index contributed by atoms with van der Waals surface area (Å²) in [7, 11) is 0. The summed E-state index contributed by atoms with van der Waals surface area (Å²) >= 11 is 0. The van der Waals surface area contributed by atoms with Crippen LogP contribution in [0.5, 0.6) is 0 Å². The van der Waals surface area contributed by atoms with Gasteiger partial charge in [0.05, 0.1) is 5.69 Å². The standard InChI is InChI=1S/C58H41N/c1-4-17-42(18-5-1)49-25-14-26-51(41-49)59(50-39-37-44(38-40-50)43-33-35-48(36-34-43)53-30-15-24-46-23-10-11-27-52(46)53)57-32-16-31-55(47-21-8-3-9-22-47)58(57)56-29-13-12-28-54(56)45-19-6-2-7-20-45/h1-41H. The second kappa shape index (κ2) is 16.0. The summed E-state index contributed by atoms with van der Waals surface area (Å²) in [6, 6.07) is 89.8. The van der Waals surface area contributed by atoms with Crippen molar-refractivity contribution in [2.45, 2.75) is 0 Å². The highest BCUT2D eigenvalue weighted by Crippen LogP contribution is 2.48. The molecule has 278 valence electrons. The Kier molecular flexibility index (Phi) is 9.68. The average molecular weight is 752 g/mol. The Morgan fingerprint density at radius 3 is 1.39 bits per heavy atom. The topological polar surface area (TPSA) is 3.24 Å². The minimum absolute atomic E-state index is 1.08. The first-order chi connectivity index (χ1) is 29.3. The highest BCUT2D eigenvalue weighted by atomic mass is 15.1. The summed E-state index contributed by atoms with van der Waals surface area (Å²) in [5.74, 6) is 0. The molecule has 0 aliphatic rings. The van der Waals surface area contributed by atoms with Crippen LogP contribution < -0.4 is 4.90 Å². The Morgan fingerprint density at radius 2 is 0.678 bits per heavy atom. The third kappa shape index (κ3) is 7.12. The summed E-state index contributed by atoms with van der Waals surface area (Å²) in [4.78, 5) is 2.43. The SMILES string of the molecule is c1ccc(-c2cccc(N(c3ccc(-c4ccc(-c5cccc6ccccc56)cc4)cc3)c3cccc(-c4ccccc4)c3-c3ccccc3-c3ccccc3)c2)cc1. The van der Waals surface area contributed by atoms with Gasteiger partial charge in [0.1, 0.15) is 0 Å². The second-order valence-electron chi connectivity index (χ2n) is 14.9. The fourth-order valence-corrected chi connectivity index (χ4v) is 8.44. The van der Waals surface area contributed by atoms with Gasteiger partial charge in [0, 0.05) is 16.9 Å². The van der Waals surface area contributed by atoms with Gasteiger partial charge in [0.15, 0.2) is 0 Å². The van der Waals surface area contributed by atoms with Crippen LogP contribution in [0.25, 0.3) is 77.5 Å². The Balaban J connectivity index is 1.13. The molecule has 0 fully saturated rings. The van der Waals surface area contributed by atoms with Gasteiger partial charge in [-0.1, -0.05) is 218 Å². The maximum absolute atomic E-state index is 2.43. The zero-order chi connectivity index (χ0) is 39.4. The number of hydrogen-bond acceptors (Lipinski definition) is 1. The molecule has 1 nitrogen and oxygen atoms in total. The molecule has 1 heteroatoms. The van der Waals surface area contributed by atoms with E-state index in [-0.39, 0.29) is 0 Å². The highest BCUT2D eigenvalue weighted by Gasteiger charge is 2.23. The van der Waals surface area contributed by atoms with E-state index < -0.39 is 0 Å². The van der Waals surface area contributed by atoms with Crippen molar-refractivity contribution in [3.05, 3.63) is 249 Å². The van der Waals surface area contributed by atoms with Crippen LogP contribution in [0.2, 0.25) is 0 Å². The largest absolute Gasteiger partial charge is 0.310 e. The van der Waals surface area contributed by atoms with E-state index in [2.05, 4.69) is 254 Å². The molecular weight excluding hydrogens is 711 g/mol. The van der Waals surface area contributed by atoms with Crippen LogP contribution in [-0.2, 0) is 0 Å². The Labute approximate surface area is 346 Å². The van der Waals surface area contributed by atoms with Crippen LogP contribution in [-0.4, -0.2) is 0 Å². The van der Waals surface area contributed by atoms with E-state index in [9.17, 15) is 0 Å². The van der Waals surface area contributed by atoms with E-state index >= 15 is 0 Å². The highest BCUT2D eigenvalue weighted by molar-refractivity contribution is 6.01. The fraction of sp³-hybridized carbons (Fsp3) is 0. The van der Waals surface area contributed by atoms with Crippen molar-refractivity contribution >= 4 is 27.8 Å². The molecule has 10 rings (SSSR count). The molecule has 0 aliphatic carbocycles. The molecule has 0 unspecified atom stereocenters. The van der Waals surface area contributed by atoms with Crippen LogP contribution in [0, 0.1) is 0 Å². The van der Waals surface area contributed by atoms with Crippen molar-refractivity contribution < 1.29 is 0 Å². The Morgan fingerprint density at radius 1 is 0.237 bits per heavy atom. The lowest BCUT2D eigenvalue weighted by Gasteiger charge is -2.30. The van der Waals surface area contributed by atoms with Gasteiger partial charge >= 0.3 is 0 Å². The molecule has 0 saturated heterocycles. The molecule has 0 aliphatic heterocycles. The number of fused-ring (bicyclic) bond motifs is 1. The molecule has 0 aromatic heterocycles. The first-order valence-corrected chi connectivity index (χ1v) is 20.3. The Bertz CT molecular complexity index is 3000. The molecule has 0 saturated carbocycles.